The Morgan fingerprint density at radius 1 is 1.40 bits per heavy atom. The predicted molar refractivity (Wildman–Crippen MR) is 94.9 cm³/mol. The molecule has 2 fully saturated rings. The monoisotopic (exact) mass is 344 g/mol. The van der Waals surface area contributed by atoms with Gasteiger partial charge in [-0.15, -0.1) is 0 Å². The molecule has 134 valence electrons. The van der Waals surface area contributed by atoms with Crippen LogP contribution in [0.2, 0.25) is 6.32 Å². The summed E-state index contributed by atoms with van der Waals surface area (Å²) in [5.74, 6) is 1.73. The Morgan fingerprint density at radius 3 is 3.00 bits per heavy atom. The summed E-state index contributed by atoms with van der Waals surface area (Å²) in [5, 5.41) is 13.0. The lowest BCUT2D eigenvalue weighted by Crippen LogP contribution is -2.61. The van der Waals surface area contributed by atoms with Crippen LogP contribution in [0.1, 0.15) is 30.4 Å². The molecule has 1 aromatic carbocycles. The maximum atomic E-state index is 12.4. The molecule has 25 heavy (non-hydrogen) atoms. The Hall–Kier alpha value is -1.73. The molecule has 4 rings (SSSR count). The van der Waals surface area contributed by atoms with Crippen molar-refractivity contribution in [1.82, 2.24) is 10.2 Å². The Morgan fingerprint density at radius 2 is 2.24 bits per heavy atom. The van der Waals surface area contributed by atoms with Crippen LogP contribution in [0.3, 0.4) is 0 Å². The molecule has 2 saturated heterocycles. The number of amides is 1. The van der Waals surface area contributed by atoms with E-state index in [9.17, 15) is 9.82 Å². The Bertz CT molecular complexity index is 657. The van der Waals surface area contributed by atoms with E-state index in [4.69, 9.17) is 9.39 Å². The normalized spacial score (nSPS) is 23.5. The van der Waals surface area contributed by atoms with E-state index >= 15 is 0 Å². The zero-order valence-corrected chi connectivity index (χ0v) is 14.7. The highest BCUT2D eigenvalue weighted by Gasteiger charge is 2.36. The van der Waals surface area contributed by atoms with Gasteiger partial charge in [-0.2, -0.15) is 0 Å². The highest BCUT2D eigenvalue weighted by Crippen LogP contribution is 2.36. The second-order valence-electron chi connectivity index (χ2n) is 7.27. The predicted octanol–water partition coefficient (Wildman–Crippen LogP) is 1.14. The van der Waals surface area contributed by atoms with Crippen LogP contribution in [0.25, 0.3) is 0 Å². The summed E-state index contributed by atoms with van der Waals surface area (Å²) in [5.41, 5.74) is 2.04. The maximum Gasteiger partial charge on any atom is 0.522 e. The first-order chi connectivity index (χ1) is 12.1. The minimum absolute atomic E-state index is 0.0185. The van der Waals surface area contributed by atoms with E-state index in [2.05, 4.69) is 5.32 Å². The van der Waals surface area contributed by atoms with Crippen LogP contribution in [0.5, 0.6) is 11.5 Å². The highest BCUT2D eigenvalue weighted by molar-refractivity contribution is 6.44. The third kappa shape index (κ3) is 3.35. The van der Waals surface area contributed by atoms with Gasteiger partial charge < -0.3 is 24.6 Å². The number of likely N-dealkylation sites (tertiary alicyclic amines) is 1. The number of hydrogen-bond donors (Lipinski definition) is 2. The minimum atomic E-state index is -0.735. The van der Waals surface area contributed by atoms with Crippen LogP contribution in [-0.2, 0) is 11.2 Å². The molecule has 1 amide bonds. The lowest BCUT2D eigenvalue weighted by atomic mass is 9.78. The molecule has 1 aromatic rings. The van der Waals surface area contributed by atoms with Crippen molar-refractivity contribution in [3.8, 4) is 11.5 Å². The van der Waals surface area contributed by atoms with Crippen LogP contribution < -0.4 is 14.7 Å². The van der Waals surface area contributed by atoms with Crippen molar-refractivity contribution >= 4 is 13.0 Å². The first kappa shape index (κ1) is 16.7. The number of carbonyl (C=O) groups excluding carboxylic acids is 1. The van der Waals surface area contributed by atoms with E-state index in [0.29, 0.717) is 19.4 Å². The van der Waals surface area contributed by atoms with Gasteiger partial charge in [0.25, 0.3) is 0 Å². The zero-order valence-electron chi connectivity index (χ0n) is 14.7. The van der Waals surface area contributed by atoms with E-state index < -0.39 is 7.12 Å². The van der Waals surface area contributed by atoms with Crippen LogP contribution >= 0.6 is 0 Å². The molecule has 1 atom stereocenters. The summed E-state index contributed by atoms with van der Waals surface area (Å²) in [6.07, 6.45) is 4.68. The van der Waals surface area contributed by atoms with Crippen LogP contribution in [0.4, 0.5) is 0 Å². The van der Waals surface area contributed by atoms with Gasteiger partial charge in [0.15, 0.2) is 0 Å². The van der Waals surface area contributed by atoms with E-state index in [-0.39, 0.29) is 18.1 Å². The Labute approximate surface area is 148 Å². The number of aryl methyl sites for hydroxylation is 1. The van der Waals surface area contributed by atoms with Gasteiger partial charge >= 0.3 is 7.12 Å². The summed E-state index contributed by atoms with van der Waals surface area (Å²) in [4.78, 5) is 14.3. The molecule has 2 N–H and O–H groups in total. The Kier molecular flexibility index (Phi) is 4.60. The number of nitrogens with zero attached hydrogens (tertiary/aromatic N) is 1. The maximum absolute atomic E-state index is 12.4. The van der Waals surface area contributed by atoms with Crippen LogP contribution in [0, 0.1) is 6.92 Å². The van der Waals surface area contributed by atoms with E-state index in [1.54, 1.807) is 0 Å². The van der Waals surface area contributed by atoms with Crippen molar-refractivity contribution in [1.29, 1.82) is 0 Å². The van der Waals surface area contributed by atoms with Crippen molar-refractivity contribution in [3.63, 3.8) is 0 Å². The third-order valence-electron chi connectivity index (χ3n) is 5.41. The molecule has 3 aliphatic heterocycles. The van der Waals surface area contributed by atoms with Crippen molar-refractivity contribution < 1.29 is 19.2 Å². The summed E-state index contributed by atoms with van der Waals surface area (Å²) in [6, 6.07) is 3.97. The van der Waals surface area contributed by atoms with Crippen LogP contribution in [-0.4, -0.2) is 54.7 Å². The molecule has 1 unspecified atom stereocenters. The summed E-state index contributed by atoms with van der Waals surface area (Å²) < 4.78 is 11.7. The molecular weight excluding hydrogens is 319 g/mol. The van der Waals surface area contributed by atoms with Crippen molar-refractivity contribution in [2.75, 3.05) is 19.6 Å². The van der Waals surface area contributed by atoms with Gasteiger partial charge in [0.1, 0.15) is 17.6 Å². The van der Waals surface area contributed by atoms with Gasteiger partial charge in [-0.25, -0.2) is 0 Å². The fourth-order valence-electron chi connectivity index (χ4n) is 3.85. The smallest absolute Gasteiger partial charge is 0.522 e. The topological polar surface area (TPSA) is 71.0 Å². The first-order valence-corrected chi connectivity index (χ1v) is 9.28. The number of hydrogen-bond acceptors (Lipinski definition) is 5. The number of benzene rings is 1. The number of piperidine rings is 1. The molecule has 6 nitrogen and oxygen atoms in total. The fourth-order valence-corrected chi connectivity index (χ4v) is 3.85. The quantitative estimate of drug-likeness (QED) is 0.805. The molecule has 0 radical (unpaired) electrons. The lowest BCUT2D eigenvalue weighted by Gasteiger charge is -2.41. The van der Waals surface area contributed by atoms with Crippen molar-refractivity contribution in [2.24, 2.45) is 0 Å². The first-order valence-electron chi connectivity index (χ1n) is 9.28. The third-order valence-corrected chi connectivity index (χ3v) is 5.41. The van der Waals surface area contributed by atoms with E-state index in [0.717, 1.165) is 54.9 Å². The second-order valence-corrected chi connectivity index (χ2v) is 7.27. The fraction of sp³-hybridized carbons (Fsp3) is 0.611. The number of fused-ring (bicyclic) bond motifs is 1. The number of carbonyl (C=O) groups is 1. The lowest BCUT2D eigenvalue weighted by molar-refractivity contribution is -0.142. The zero-order chi connectivity index (χ0) is 17.4. The van der Waals surface area contributed by atoms with E-state index in [1.165, 1.54) is 0 Å². The number of nitrogens with one attached hydrogen (secondary N) is 1. The molecule has 7 heteroatoms. The average Bonchev–Trinajstić information content (AvgIpc) is 2.60. The van der Waals surface area contributed by atoms with Gasteiger partial charge in [0.05, 0.1) is 19.1 Å². The van der Waals surface area contributed by atoms with Crippen molar-refractivity contribution in [3.05, 3.63) is 23.3 Å². The van der Waals surface area contributed by atoms with Gasteiger partial charge in [-0.05, 0) is 50.7 Å². The molecule has 3 heterocycles. The summed E-state index contributed by atoms with van der Waals surface area (Å²) >= 11 is 0. The molecule has 0 bridgehead atoms. The summed E-state index contributed by atoms with van der Waals surface area (Å²) in [7, 11) is -0.735. The second kappa shape index (κ2) is 6.88. The van der Waals surface area contributed by atoms with Crippen molar-refractivity contribution in [2.45, 2.75) is 51.1 Å². The molecule has 0 spiro atoms. The van der Waals surface area contributed by atoms with Gasteiger partial charge in [0.2, 0.25) is 5.91 Å². The standard InChI is InChI=1S/C18H25BN2O4/c1-12-16(6-5-13-7-8-19(23)25-17(12)13)24-14-10-21(11-14)18(22)15-4-2-3-9-20-15/h5-6,14-15,20,23H,2-4,7-11H2,1H3. The number of rotatable bonds is 3. The Balaban J connectivity index is 1.35. The molecule has 3 aliphatic rings. The molecule has 0 saturated carbocycles. The van der Waals surface area contributed by atoms with Gasteiger partial charge in [-0.1, -0.05) is 12.5 Å². The largest absolute Gasteiger partial charge is 0.536 e. The minimum Gasteiger partial charge on any atom is -0.536 e. The summed E-state index contributed by atoms with van der Waals surface area (Å²) in [6.45, 7) is 4.16. The van der Waals surface area contributed by atoms with Gasteiger partial charge in [0, 0.05) is 5.56 Å². The van der Waals surface area contributed by atoms with E-state index in [1.807, 2.05) is 24.0 Å². The van der Waals surface area contributed by atoms with Crippen LogP contribution in [0.15, 0.2) is 12.1 Å². The number of ether oxygens (including phenoxy) is 1. The SMILES string of the molecule is Cc1c(OC2CN(C(=O)C3CCCCN3)C2)ccc2c1OB(O)CC2. The highest BCUT2D eigenvalue weighted by atomic mass is 16.5. The molecular formula is C18H25BN2O4. The molecule has 0 aromatic heterocycles. The molecule has 0 aliphatic carbocycles. The average molecular weight is 344 g/mol. The van der Waals surface area contributed by atoms with Gasteiger partial charge in [-0.3, -0.25) is 4.79 Å².